The van der Waals surface area contributed by atoms with Gasteiger partial charge in [-0.25, -0.2) is 5.84 Å². The van der Waals surface area contributed by atoms with Gasteiger partial charge in [-0.1, -0.05) is 49.6 Å². The Hall–Kier alpha value is -2.79. The number of nitrogens with two attached hydrogens (primary N) is 2. The van der Waals surface area contributed by atoms with E-state index in [0.29, 0.717) is 17.8 Å². The van der Waals surface area contributed by atoms with Crippen LogP contribution < -0.4 is 11.6 Å². The van der Waals surface area contributed by atoms with E-state index in [-0.39, 0.29) is 5.97 Å². The third-order valence-corrected chi connectivity index (χ3v) is 3.97. The highest BCUT2D eigenvalue weighted by atomic mass is 16.5. The monoisotopic (exact) mass is 325 g/mol. The van der Waals surface area contributed by atoms with Gasteiger partial charge < -0.3 is 15.5 Å². The van der Waals surface area contributed by atoms with Crippen LogP contribution in [0.2, 0.25) is 0 Å². The number of likely N-dealkylation sites (N-methyl/N-ethyl adjacent to an activating group) is 1. The Kier molecular flexibility index (Phi) is 5.26. The van der Waals surface area contributed by atoms with Crippen molar-refractivity contribution in [1.29, 1.82) is 0 Å². The molecule has 0 heterocycles. The van der Waals surface area contributed by atoms with E-state index in [0.717, 1.165) is 22.3 Å². The predicted octanol–water partition coefficient (Wildman–Crippen LogP) is 2.80. The maximum atomic E-state index is 11.6. The molecule has 0 spiro atoms. The minimum Gasteiger partial charge on any atom is -0.457 e. The number of carbonyl (C=O) groups is 1. The van der Waals surface area contributed by atoms with E-state index in [2.05, 4.69) is 13.2 Å². The molecule has 5 heteroatoms. The van der Waals surface area contributed by atoms with Gasteiger partial charge in [0.1, 0.15) is 6.10 Å². The molecule has 1 unspecified atom stereocenters. The summed E-state index contributed by atoms with van der Waals surface area (Å²) < 4.78 is 5.54. The molecule has 1 aliphatic rings. The summed E-state index contributed by atoms with van der Waals surface area (Å²) >= 11 is 0. The topological polar surface area (TPSA) is 81.6 Å². The lowest BCUT2D eigenvalue weighted by Crippen LogP contribution is -2.30. The highest BCUT2D eigenvalue weighted by Gasteiger charge is 2.27. The Balaban J connectivity index is 2.82. The van der Waals surface area contributed by atoms with Crippen molar-refractivity contribution in [3.05, 3.63) is 77.5 Å². The Morgan fingerprint density at radius 2 is 2.00 bits per heavy atom. The highest BCUT2D eigenvalue weighted by Crippen LogP contribution is 2.38. The molecule has 1 aromatic rings. The highest BCUT2D eigenvalue weighted by molar-refractivity contribution is 5.75. The van der Waals surface area contributed by atoms with Crippen LogP contribution >= 0.6 is 0 Å². The van der Waals surface area contributed by atoms with Gasteiger partial charge in [-0.2, -0.15) is 0 Å². The second kappa shape index (κ2) is 7.19. The van der Waals surface area contributed by atoms with E-state index in [1.807, 2.05) is 24.3 Å². The number of esters is 1. The first kappa shape index (κ1) is 17.6. The summed E-state index contributed by atoms with van der Waals surface area (Å²) in [6.45, 7) is 9.15. The average molecular weight is 325 g/mol. The first-order chi connectivity index (χ1) is 11.4. The Morgan fingerprint density at radius 1 is 1.33 bits per heavy atom. The van der Waals surface area contributed by atoms with Gasteiger partial charge in [-0.15, -0.1) is 0 Å². The van der Waals surface area contributed by atoms with Crippen molar-refractivity contribution in [2.24, 2.45) is 11.6 Å². The molecule has 1 aromatic carbocycles. The molecule has 0 aliphatic heterocycles. The lowest BCUT2D eigenvalue weighted by Gasteiger charge is -2.29. The fraction of sp³-hybridized carbons (Fsp3) is 0.211. The molecule has 1 atom stereocenters. The minimum atomic E-state index is -0.454. The van der Waals surface area contributed by atoms with Gasteiger partial charge in [0.2, 0.25) is 0 Å². The van der Waals surface area contributed by atoms with Crippen molar-refractivity contribution in [3.63, 3.8) is 0 Å². The van der Waals surface area contributed by atoms with E-state index in [1.54, 1.807) is 19.2 Å². The molecule has 24 heavy (non-hydrogen) atoms. The molecule has 0 bridgehead atoms. The SMILES string of the molecule is C=C/C1=C(C=C)/C(N(C)N)=C(/N)c2ccccc2C(OC(C)=O)C1. The number of ether oxygens (including phenoxy) is 1. The number of rotatable bonds is 4. The third-order valence-electron chi connectivity index (χ3n) is 3.97. The molecule has 0 amide bonds. The molecule has 0 radical (unpaired) electrons. The van der Waals surface area contributed by atoms with Crippen LogP contribution in [-0.2, 0) is 9.53 Å². The van der Waals surface area contributed by atoms with Crippen LogP contribution in [0.25, 0.3) is 5.70 Å². The van der Waals surface area contributed by atoms with Crippen LogP contribution in [0.1, 0.15) is 30.6 Å². The molecule has 126 valence electrons. The van der Waals surface area contributed by atoms with Crippen LogP contribution in [0.4, 0.5) is 0 Å². The van der Waals surface area contributed by atoms with E-state index in [1.165, 1.54) is 11.9 Å². The zero-order chi connectivity index (χ0) is 17.9. The Bertz CT molecular complexity index is 745. The molecule has 1 aliphatic carbocycles. The number of fused-ring (bicyclic) bond motifs is 1. The third kappa shape index (κ3) is 3.26. The van der Waals surface area contributed by atoms with Gasteiger partial charge >= 0.3 is 5.97 Å². The quantitative estimate of drug-likeness (QED) is 0.505. The molecule has 0 aromatic heterocycles. The lowest BCUT2D eigenvalue weighted by molar-refractivity contribution is -0.146. The van der Waals surface area contributed by atoms with Gasteiger partial charge in [0, 0.05) is 37.1 Å². The first-order valence-corrected chi connectivity index (χ1v) is 7.63. The van der Waals surface area contributed by atoms with Crippen molar-refractivity contribution < 1.29 is 9.53 Å². The predicted molar refractivity (Wildman–Crippen MR) is 96.0 cm³/mol. The van der Waals surface area contributed by atoms with Crippen LogP contribution in [0.15, 0.2) is 66.4 Å². The summed E-state index contributed by atoms with van der Waals surface area (Å²) in [6.07, 6.45) is 3.43. The summed E-state index contributed by atoms with van der Waals surface area (Å²) in [4.78, 5) is 11.6. The fourth-order valence-electron chi connectivity index (χ4n) is 2.97. The number of hydrogen-bond acceptors (Lipinski definition) is 5. The summed E-state index contributed by atoms with van der Waals surface area (Å²) in [5, 5.41) is 1.47. The molecule has 2 rings (SSSR count). The van der Waals surface area contributed by atoms with Crippen LogP contribution in [0.3, 0.4) is 0 Å². The van der Waals surface area contributed by atoms with E-state index in [9.17, 15) is 4.79 Å². The van der Waals surface area contributed by atoms with Crippen molar-refractivity contribution >= 4 is 11.7 Å². The number of allylic oxidation sites excluding steroid dienone is 2. The molecule has 4 N–H and O–H groups in total. The van der Waals surface area contributed by atoms with Crippen molar-refractivity contribution in [2.45, 2.75) is 19.4 Å². The second-order valence-electron chi connectivity index (χ2n) is 5.61. The van der Waals surface area contributed by atoms with Gasteiger partial charge in [0.15, 0.2) is 0 Å². The lowest BCUT2D eigenvalue weighted by atomic mass is 9.87. The largest absolute Gasteiger partial charge is 0.457 e. The minimum absolute atomic E-state index is 0.349. The molecule has 0 fully saturated rings. The van der Waals surface area contributed by atoms with Crippen molar-refractivity contribution in [2.75, 3.05) is 7.05 Å². The maximum absolute atomic E-state index is 11.6. The first-order valence-electron chi connectivity index (χ1n) is 7.63. The summed E-state index contributed by atoms with van der Waals surface area (Å²) in [5.74, 6) is 5.68. The smallest absolute Gasteiger partial charge is 0.303 e. The van der Waals surface area contributed by atoms with Crippen molar-refractivity contribution in [3.8, 4) is 0 Å². The van der Waals surface area contributed by atoms with Gasteiger partial charge in [0.05, 0.1) is 11.4 Å². The van der Waals surface area contributed by atoms with Gasteiger partial charge in [-0.05, 0) is 5.57 Å². The second-order valence-corrected chi connectivity index (χ2v) is 5.61. The Labute approximate surface area is 142 Å². The number of nitrogens with zero attached hydrogens (tertiary/aromatic N) is 1. The van der Waals surface area contributed by atoms with E-state index >= 15 is 0 Å². The van der Waals surface area contributed by atoms with Crippen molar-refractivity contribution in [1.82, 2.24) is 5.01 Å². The van der Waals surface area contributed by atoms with Crippen LogP contribution in [-0.4, -0.2) is 18.0 Å². The summed E-state index contributed by atoms with van der Waals surface area (Å²) in [5.41, 5.74) is 10.9. The molecule has 5 nitrogen and oxygen atoms in total. The molecule has 0 saturated carbocycles. The number of hydrazine groups is 1. The molecule has 0 saturated heterocycles. The van der Waals surface area contributed by atoms with E-state index in [4.69, 9.17) is 16.3 Å². The maximum Gasteiger partial charge on any atom is 0.303 e. The van der Waals surface area contributed by atoms with E-state index < -0.39 is 6.10 Å². The molecular weight excluding hydrogens is 302 g/mol. The number of benzene rings is 1. The molecular formula is C19H23N3O2. The number of carbonyl (C=O) groups excluding carboxylic acids is 1. The average Bonchev–Trinajstić information content (AvgIpc) is 2.54. The van der Waals surface area contributed by atoms with Crippen LogP contribution in [0.5, 0.6) is 0 Å². The standard InChI is InChI=1S/C19H23N3O2/c1-5-13-11-17(24-12(3)23)15-9-7-8-10-16(15)18(20)19(22(4)21)14(13)6-2/h5-10,17H,1-2,11,20-21H2,3-4H3/b14-13-,19-18-. The van der Waals surface area contributed by atoms with Gasteiger partial charge in [-0.3, -0.25) is 4.79 Å². The number of hydrogen-bond donors (Lipinski definition) is 2. The normalized spacial score (nSPS) is 23.5. The summed E-state index contributed by atoms with van der Waals surface area (Å²) in [6, 6.07) is 7.58. The zero-order valence-electron chi connectivity index (χ0n) is 14.1. The fourth-order valence-corrected chi connectivity index (χ4v) is 2.97. The van der Waals surface area contributed by atoms with Gasteiger partial charge in [0.25, 0.3) is 0 Å². The summed E-state index contributed by atoms with van der Waals surface area (Å²) in [7, 11) is 1.72. The Morgan fingerprint density at radius 3 is 2.54 bits per heavy atom. The van der Waals surface area contributed by atoms with Crippen LogP contribution in [0, 0.1) is 0 Å². The zero-order valence-corrected chi connectivity index (χ0v) is 14.1.